The summed E-state index contributed by atoms with van der Waals surface area (Å²) >= 11 is 0. The number of nitrogens with zero attached hydrogens (tertiary/aromatic N) is 4. The SMILES string of the molecule is Cc1ccc(CNCc2cn3c(N4CCN(C)CC4)cccc3n2)cc1. The molecule has 5 nitrogen and oxygen atoms in total. The average molecular weight is 349 g/mol. The Morgan fingerprint density at radius 1 is 0.962 bits per heavy atom. The fraction of sp³-hybridized carbons (Fsp3) is 0.381. The number of hydrogen-bond acceptors (Lipinski definition) is 4. The third-order valence-corrected chi connectivity index (χ3v) is 5.10. The molecule has 0 radical (unpaired) electrons. The Morgan fingerprint density at radius 2 is 1.73 bits per heavy atom. The van der Waals surface area contributed by atoms with Crippen LogP contribution in [0, 0.1) is 6.92 Å². The number of imidazole rings is 1. The van der Waals surface area contributed by atoms with Crippen LogP contribution >= 0.6 is 0 Å². The summed E-state index contributed by atoms with van der Waals surface area (Å²) in [6.45, 7) is 8.10. The molecule has 1 fully saturated rings. The van der Waals surface area contributed by atoms with Crippen molar-refractivity contribution in [1.82, 2.24) is 19.6 Å². The average Bonchev–Trinajstić information content (AvgIpc) is 3.07. The third kappa shape index (κ3) is 3.74. The van der Waals surface area contributed by atoms with Crippen molar-refractivity contribution < 1.29 is 0 Å². The minimum Gasteiger partial charge on any atom is -0.355 e. The second-order valence-corrected chi connectivity index (χ2v) is 7.22. The topological polar surface area (TPSA) is 35.8 Å². The molecule has 2 aromatic heterocycles. The zero-order valence-electron chi connectivity index (χ0n) is 15.7. The number of aromatic nitrogens is 2. The fourth-order valence-corrected chi connectivity index (χ4v) is 3.47. The van der Waals surface area contributed by atoms with Gasteiger partial charge in [0, 0.05) is 45.5 Å². The molecule has 3 aromatic rings. The molecule has 1 aromatic carbocycles. The number of rotatable bonds is 5. The molecule has 3 heterocycles. The number of benzene rings is 1. The normalized spacial score (nSPS) is 15.7. The van der Waals surface area contributed by atoms with Gasteiger partial charge in [0.1, 0.15) is 11.5 Å². The van der Waals surface area contributed by atoms with Crippen LogP contribution in [0.4, 0.5) is 5.82 Å². The van der Waals surface area contributed by atoms with Crippen LogP contribution in [0.25, 0.3) is 5.65 Å². The Bertz CT molecular complexity index is 860. The van der Waals surface area contributed by atoms with Gasteiger partial charge in [0.2, 0.25) is 0 Å². The predicted octanol–water partition coefficient (Wildman–Crippen LogP) is 2.68. The number of nitrogens with one attached hydrogen (secondary N) is 1. The van der Waals surface area contributed by atoms with E-state index < -0.39 is 0 Å². The van der Waals surface area contributed by atoms with Gasteiger partial charge in [-0.25, -0.2) is 4.98 Å². The van der Waals surface area contributed by atoms with Crippen molar-refractivity contribution in [2.24, 2.45) is 0 Å². The first kappa shape index (κ1) is 17.1. The van der Waals surface area contributed by atoms with E-state index in [-0.39, 0.29) is 0 Å². The van der Waals surface area contributed by atoms with Crippen LogP contribution in [0.2, 0.25) is 0 Å². The number of piperazine rings is 1. The lowest BCUT2D eigenvalue weighted by molar-refractivity contribution is 0.312. The van der Waals surface area contributed by atoms with Gasteiger partial charge < -0.3 is 15.1 Å². The number of hydrogen-bond donors (Lipinski definition) is 1. The van der Waals surface area contributed by atoms with Gasteiger partial charge in [-0.1, -0.05) is 35.9 Å². The maximum absolute atomic E-state index is 4.79. The van der Waals surface area contributed by atoms with Crippen molar-refractivity contribution in [2.75, 3.05) is 38.1 Å². The molecule has 4 rings (SSSR count). The summed E-state index contributed by atoms with van der Waals surface area (Å²) < 4.78 is 2.23. The molecular formula is C21H27N5. The van der Waals surface area contributed by atoms with E-state index in [1.54, 1.807) is 0 Å². The maximum atomic E-state index is 4.79. The molecule has 0 unspecified atom stereocenters. The lowest BCUT2D eigenvalue weighted by atomic mass is 10.1. The summed E-state index contributed by atoms with van der Waals surface area (Å²) in [5.41, 5.74) is 4.70. The molecule has 1 aliphatic rings. The van der Waals surface area contributed by atoms with Gasteiger partial charge in [-0.05, 0) is 31.7 Å². The molecule has 136 valence electrons. The van der Waals surface area contributed by atoms with E-state index >= 15 is 0 Å². The monoisotopic (exact) mass is 349 g/mol. The van der Waals surface area contributed by atoms with Crippen LogP contribution in [0.5, 0.6) is 0 Å². The van der Waals surface area contributed by atoms with E-state index in [0.29, 0.717) is 0 Å². The van der Waals surface area contributed by atoms with Gasteiger partial charge in [0.15, 0.2) is 0 Å². The Kier molecular flexibility index (Phi) is 4.91. The second kappa shape index (κ2) is 7.48. The quantitative estimate of drug-likeness (QED) is 0.768. The van der Waals surface area contributed by atoms with Crippen molar-refractivity contribution in [3.8, 4) is 0 Å². The highest BCUT2D eigenvalue weighted by Crippen LogP contribution is 2.19. The minimum absolute atomic E-state index is 0.776. The van der Waals surface area contributed by atoms with E-state index in [4.69, 9.17) is 4.98 Å². The van der Waals surface area contributed by atoms with Gasteiger partial charge >= 0.3 is 0 Å². The van der Waals surface area contributed by atoms with Gasteiger partial charge in [-0.15, -0.1) is 0 Å². The lowest BCUT2D eigenvalue weighted by Crippen LogP contribution is -2.45. The van der Waals surface area contributed by atoms with Crippen molar-refractivity contribution in [3.05, 3.63) is 65.5 Å². The molecule has 0 bridgehead atoms. The molecule has 0 atom stereocenters. The molecule has 0 amide bonds. The van der Waals surface area contributed by atoms with Gasteiger partial charge in [0.25, 0.3) is 0 Å². The first-order valence-corrected chi connectivity index (χ1v) is 9.36. The van der Waals surface area contributed by atoms with E-state index in [0.717, 1.165) is 50.6 Å². The van der Waals surface area contributed by atoms with Crippen molar-refractivity contribution >= 4 is 11.5 Å². The highest BCUT2D eigenvalue weighted by Gasteiger charge is 2.17. The van der Waals surface area contributed by atoms with Gasteiger partial charge in [-0.2, -0.15) is 0 Å². The first-order valence-electron chi connectivity index (χ1n) is 9.36. The Morgan fingerprint density at radius 3 is 2.50 bits per heavy atom. The fourth-order valence-electron chi connectivity index (χ4n) is 3.47. The highest BCUT2D eigenvalue weighted by molar-refractivity contribution is 5.52. The largest absolute Gasteiger partial charge is 0.355 e. The van der Waals surface area contributed by atoms with Crippen LogP contribution in [0.15, 0.2) is 48.7 Å². The van der Waals surface area contributed by atoms with Gasteiger partial charge in [-0.3, -0.25) is 4.40 Å². The number of pyridine rings is 1. The van der Waals surface area contributed by atoms with E-state index in [1.807, 2.05) is 0 Å². The van der Waals surface area contributed by atoms with Crippen molar-refractivity contribution in [1.29, 1.82) is 0 Å². The summed E-state index contributed by atoms with van der Waals surface area (Å²) in [6, 6.07) is 15.1. The molecular weight excluding hydrogens is 322 g/mol. The van der Waals surface area contributed by atoms with E-state index in [2.05, 4.69) is 82.2 Å². The van der Waals surface area contributed by atoms with Crippen LogP contribution in [-0.2, 0) is 13.1 Å². The lowest BCUT2D eigenvalue weighted by Gasteiger charge is -2.34. The van der Waals surface area contributed by atoms with E-state index in [9.17, 15) is 0 Å². The number of fused-ring (bicyclic) bond motifs is 1. The maximum Gasteiger partial charge on any atom is 0.138 e. The Balaban J connectivity index is 1.45. The Labute approximate surface area is 155 Å². The predicted molar refractivity (Wildman–Crippen MR) is 107 cm³/mol. The standard InChI is InChI=1S/C21H27N5/c1-17-6-8-18(9-7-17)14-22-15-19-16-26-20(23-19)4-3-5-21(26)25-12-10-24(2)11-13-25/h3-9,16,22H,10-15H2,1-2H3. The van der Waals surface area contributed by atoms with Crippen LogP contribution in [0.3, 0.4) is 0 Å². The number of likely N-dealkylation sites (N-methyl/N-ethyl adjacent to an activating group) is 1. The summed E-state index contributed by atoms with van der Waals surface area (Å²) in [4.78, 5) is 9.63. The molecule has 1 aliphatic heterocycles. The molecule has 1 N–H and O–H groups in total. The van der Waals surface area contributed by atoms with E-state index in [1.165, 1.54) is 16.9 Å². The summed E-state index contributed by atoms with van der Waals surface area (Å²) in [6.07, 6.45) is 2.17. The first-order chi connectivity index (χ1) is 12.7. The Hall–Kier alpha value is -2.37. The van der Waals surface area contributed by atoms with Crippen LogP contribution in [0.1, 0.15) is 16.8 Å². The van der Waals surface area contributed by atoms with Crippen LogP contribution < -0.4 is 10.2 Å². The molecule has 26 heavy (non-hydrogen) atoms. The molecule has 0 spiro atoms. The molecule has 5 heteroatoms. The highest BCUT2D eigenvalue weighted by atomic mass is 15.3. The third-order valence-electron chi connectivity index (χ3n) is 5.10. The summed E-state index contributed by atoms with van der Waals surface area (Å²) in [5.74, 6) is 1.24. The van der Waals surface area contributed by atoms with Crippen molar-refractivity contribution in [3.63, 3.8) is 0 Å². The zero-order valence-corrected chi connectivity index (χ0v) is 15.7. The smallest absolute Gasteiger partial charge is 0.138 e. The molecule has 1 saturated heterocycles. The summed E-state index contributed by atoms with van der Waals surface area (Å²) in [5, 5.41) is 3.51. The minimum atomic E-state index is 0.776. The zero-order chi connectivity index (χ0) is 17.9. The summed E-state index contributed by atoms with van der Waals surface area (Å²) in [7, 11) is 2.19. The molecule has 0 saturated carbocycles. The number of aryl methyl sites for hydroxylation is 1. The van der Waals surface area contributed by atoms with Gasteiger partial charge in [0.05, 0.1) is 5.69 Å². The molecule has 0 aliphatic carbocycles. The van der Waals surface area contributed by atoms with Crippen LogP contribution in [-0.4, -0.2) is 47.5 Å². The van der Waals surface area contributed by atoms with Crippen molar-refractivity contribution in [2.45, 2.75) is 20.0 Å². The second-order valence-electron chi connectivity index (χ2n) is 7.22. The number of anilines is 1.